The van der Waals surface area contributed by atoms with Gasteiger partial charge in [-0.05, 0) is 38.2 Å². The van der Waals surface area contributed by atoms with Gasteiger partial charge in [-0.15, -0.1) is 0 Å². The molecule has 1 heterocycles. The first kappa shape index (κ1) is 12.4. The van der Waals surface area contributed by atoms with Crippen LogP contribution >= 0.6 is 0 Å². The van der Waals surface area contributed by atoms with Gasteiger partial charge in [-0.3, -0.25) is 0 Å². The van der Waals surface area contributed by atoms with Crippen molar-refractivity contribution in [2.75, 3.05) is 0 Å². The summed E-state index contributed by atoms with van der Waals surface area (Å²) in [6, 6.07) is 11.4. The number of hydrogen-bond donors (Lipinski definition) is 1. The minimum absolute atomic E-state index is 0.624. The zero-order chi connectivity index (χ0) is 13.2. The van der Waals surface area contributed by atoms with Gasteiger partial charge in [-0.25, -0.2) is 0 Å². The van der Waals surface area contributed by atoms with Gasteiger partial charge < -0.3 is 9.84 Å². The Morgan fingerprint density at radius 1 is 1.21 bits per heavy atom. The van der Waals surface area contributed by atoms with E-state index in [0.717, 1.165) is 23.9 Å². The molecule has 1 aromatic heterocycles. The average Bonchev–Trinajstić information content (AvgIpc) is 2.69. The van der Waals surface area contributed by atoms with Crippen molar-refractivity contribution in [3.05, 3.63) is 52.9 Å². The lowest BCUT2D eigenvalue weighted by Gasteiger charge is -2.36. The van der Waals surface area contributed by atoms with Gasteiger partial charge in [0.2, 0.25) is 0 Å². The number of nitrogens with zero attached hydrogens (tertiary/aromatic N) is 1. The lowest BCUT2D eigenvalue weighted by atomic mass is 9.76. The Morgan fingerprint density at radius 3 is 2.58 bits per heavy atom. The number of benzene rings is 1. The van der Waals surface area contributed by atoms with Crippen LogP contribution in [-0.2, 0) is 6.54 Å². The van der Waals surface area contributed by atoms with E-state index in [1.807, 2.05) is 13.8 Å². The van der Waals surface area contributed by atoms with Crippen LogP contribution in [0.1, 0.15) is 41.3 Å². The summed E-state index contributed by atoms with van der Waals surface area (Å²) in [6.07, 6.45) is 2.46. The highest BCUT2D eigenvalue weighted by Crippen LogP contribution is 2.36. The summed E-state index contributed by atoms with van der Waals surface area (Å²) in [6.45, 7) is 4.85. The Morgan fingerprint density at radius 2 is 1.95 bits per heavy atom. The van der Waals surface area contributed by atoms with Crippen molar-refractivity contribution in [1.29, 1.82) is 0 Å². The smallest absolute Gasteiger partial charge is 0.138 e. The van der Waals surface area contributed by atoms with Crippen LogP contribution in [0.25, 0.3) is 0 Å². The Hall–Kier alpha value is -1.61. The van der Waals surface area contributed by atoms with Crippen LogP contribution < -0.4 is 5.32 Å². The van der Waals surface area contributed by atoms with Crippen LogP contribution in [0.4, 0.5) is 0 Å². The first-order valence-corrected chi connectivity index (χ1v) is 6.94. The molecule has 19 heavy (non-hydrogen) atoms. The van der Waals surface area contributed by atoms with Gasteiger partial charge in [-0.1, -0.05) is 35.5 Å². The largest absolute Gasteiger partial charge is 0.361 e. The van der Waals surface area contributed by atoms with Crippen LogP contribution in [0.15, 0.2) is 34.9 Å². The van der Waals surface area contributed by atoms with Gasteiger partial charge in [0.1, 0.15) is 5.76 Å². The fourth-order valence-corrected chi connectivity index (χ4v) is 2.78. The molecule has 100 valence electrons. The zero-order valence-electron chi connectivity index (χ0n) is 11.5. The molecular weight excluding hydrogens is 236 g/mol. The second kappa shape index (κ2) is 5.17. The monoisotopic (exact) mass is 256 g/mol. The molecule has 1 saturated carbocycles. The van der Waals surface area contributed by atoms with Crippen molar-refractivity contribution >= 4 is 0 Å². The minimum Gasteiger partial charge on any atom is -0.361 e. The standard InChI is InChI=1S/C16H20N2O/c1-11-16(12(2)19-18-11)10-17-15-8-14(9-15)13-6-4-3-5-7-13/h3-7,14-15,17H,8-10H2,1-2H3. The van der Waals surface area contributed by atoms with Crippen LogP contribution in [0.5, 0.6) is 0 Å². The van der Waals surface area contributed by atoms with Gasteiger partial charge >= 0.3 is 0 Å². The maximum Gasteiger partial charge on any atom is 0.138 e. The topological polar surface area (TPSA) is 38.1 Å². The fourth-order valence-electron chi connectivity index (χ4n) is 2.78. The zero-order valence-corrected chi connectivity index (χ0v) is 11.5. The lowest BCUT2D eigenvalue weighted by Crippen LogP contribution is -2.39. The molecule has 0 aliphatic heterocycles. The van der Waals surface area contributed by atoms with Crippen LogP contribution in [0, 0.1) is 13.8 Å². The third kappa shape index (κ3) is 2.56. The minimum atomic E-state index is 0.624. The number of aryl methyl sites for hydroxylation is 2. The normalized spacial score (nSPS) is 22.2. The number of rotatable bonds is 4. The maximum absolute atomic E-state index is 5.18. The summed E-state index contributed by atoms with van der Waals surface area (Å²) < 4.78 is 5.18. The predicted molar refractivity (Wildman–Crippen MR) is 75.0 cm³/mol. The van der Waals surface area contributed by atoms with Gasteiger partial charge in [0.05, 0.1) is 5.69 Å². The second-order valence-electron chi connectivity index (χ2n) is 5.46. The summed E-state index contributed by atoms with van der Waals surface area (Å²) in [4.78, 5) is 0. The Bertz CT molecular complexity index is 522. The van der Waals surface area contributed by atoms with Crippen LogP contribution in [0.2, 0.25) is 0 Å². The van der Waals surface area contributed by atoms with Crippen molar-refractivity contribution in [2.24, 2.45) is 0 Å². The van der Waals surface area contributed by atoms with Crippen molar-refractivity contribution < 1.29 is 4.52 Å². The van der Waals surface area contributed by atoms with E-state index in [2.05, 4.69) is 40.8 Å². The van der Waals surface area contributed by atoms with Crippen molar-refractivity contribution in [1.82, 2.24) is 10.5 Å². The first-order valence-electron chi connectivity index (χ1n) is 6.94. The predicted octanol–water partition coefficient (Wildman–Crippen LogP) is 3.33. The van der Waals surface area contributed by atoms with E-state index in [-0.39, 0.29) is 0 Å². The number of aromatic nitrogens is 1. The van der Waals surface area contributed by atoms with Gasteiger partial charge in [0.25, 0.3) is 0 Å². The molecule has 0 bridgehead atoms. The fraction of sp³-hybridized carbons (Fsp3) is 0.438. The molecule has 1 aliphatic carbocycles. The highest BCUT2D eigenvalue weighted by molar-refractivity contribution is 5.24. The quantitative estimate of drug-likeness (QED) is 0.911. The molecule has 3 nitrogen and oxygen atoms in total. The molecular formula is C16H20N2O. The van der Waals surface area contributed by atoms with Crippen LogP contribution in [0.3, 0.4) is 0 Å². The summed E-state index contributed by atoms with van der Waals surface area (Å²) in [5.74, 6) is 1.66. The average molecular weight is 256 g/mol. The Balaban J connectivity index is 1.50. The molecule has 0 atom stereocenters. The van der Waals surface area contributed by atoms with E-state index < -0.39 is 0 Å². The SMILES string of the molecule is Cc1noc(C)c1CNC1CC(c2ccccc2)C1. The first-order chi connectivity index (χ1) is 9.24. The molecule has 1 aromatic carbocycles. The third-order valence-corrected chi connectivity index (χ3v) is 4.16. The molecule has 3 heteroatoms. The number of nitrogens with one attached hydrogen (secondary N) is 1. The number of hydrogen-bond acceptors (Lipinski definition) is 3. The van der Waals surface area contributed by atoms with E-state index in [9.17, 15) is 0 Å². The molecule has 0 unspecified atom stereocenters. The molecule has 1 fully saturated rings. The van der Waals surface area contributed by atoms with Gasteiger partial charge in [-0.2, -0.15) is 0 Å². The molecule has 1 N–H and O–H groups in total. The van der Waals surface area contributed by atoms with Crippen molar-refractivity contribution in [3.8, 4) is 0 Å². The lowest BCUT2D eigenvalue weighted by molar-refractivity contribution is 0.289. The van der Waals surface area contributed by atoms with E-state index in [0.29, 0.717) is 6.04 Å². The summed E-state index contributed by atoms with van der Waals surface area (Å²) in [7, 11) is 0. The molecule has 0 saturated heterocycles. The van der Waals surface area contributed by atoms with Gasteiger partial charge in [0.15, 0.2) is 0 Å². The van der Waals surface area contributed by atoms with Crippen LogP contribution in [-0.4, -0.2) is 11.2 Å². The van der Waals surface area contributed by atoms with Gasteiger partial charge in [0, 0.05) is 18.2 Å². The van der Waals surface area contributed by atoms with E-state index in [1.54, 1.807) is 0 Å². The summed E-state index contributed by atoms with van der Waals surface area (Å²) in [5.41, 5.74) is 3.69. The summed E-state index contributed by atoms with van der Waals surface area (Å²) in [5, 5.41) is 7.59. The molecule has 2 aromatic rings. The third-order valence-electron chi connectivity index (χ3n) is 4.16. The van der Waals surface area contributed by atoms with Crippen molar-refractivity contribution in [3.63, 3.8) is 0 Å². The molecule has 0 amide bonds. The van der Waals surface area contributed by atoms with E-state index in [1.165, 1.54) is 24.0 Å². The highest BCUT2D eigenvalue weighted by atomic mass is 16.5. The molecule has 0 radical (unpaired) electrons. The highest BCUT2D eigenvalue weighted by Gasteiger charge is 2.29. The van der Waals surface area contributed by atoms with E-state index in [4.69, 9.17) is 4.52 Å². The molecule has 1 aliphatic rings. The second-order valence-corrected chi connectivity index (χ2v) is 5.46. The maximum atomic E-state index is 5.18. The Labute approximate surface area is 114 Å². The Kier molecular flexibility index (Phi) is 3.38. The van der Waals surface area contributed by atoms with E-state index >= 15 is 0 Å². The summed E-state index contributed by atoms with van der Waals surface area (Å²) >= 11 is 0. The molecule has 0 spiro atoms. The molecule has 3 rings (SSSR count). The van der Waals surface area contributed by atoms with Crippen molar-refractivity contribution in [2.45, 2.75) is 45.2 Å².